The quantitative estimate of drug-likeness (QED) is 0.895. The van der Waals surface area contributed by atoms with Crippen molar-refractivity contribution in [3.63, 3.8) is 0 Å². The Hall–Kier alpha value is -1.61. The summed E-state index contributed by atoms with van der Waals surface area (Å²) in [5.74, 6) is 0.678. The van der Waals surface area contributed by atoms with Crippen LogP contribution < -0.4 is 5.32 Å². The monoisotopic (exact) mass is 247 g/mol. The smallest absolute Gasteiger partial charge is 0.148 e. The van der Waals surface area contributed by atoms with Gasteiger partial charge in [0.05, 0.1) is 12.2 Å². The summed E-state index contributed by atoms with van der Waals surface area (Å²) < 4.78 is 0. The molecule has 0 amide bonds. The number of hydrogen-bond acceptors (Lipinski definition) is 3. The van der Waals surface area contributed by atoms with Gasteiger partial charge in [0.25, 0.3) is 0 Å². The first-order chi connectivity index (χ1) is 8.31. The van der Waals surface area contributed by atoms with Crippen LogP contribution in [0, 0.1) is 0 Å². The standard InChI is InChI=1S/C13H14ClN3/c1-2-12(10-6-4-3-5-7-10)17-13-11(14)8-15-9-16-13/h3-9,12H,2H2,1H3,(H,15,16,17). The SMILES string of the molecule is CCC(Nc1ncncc1Cl)c1ccccc1. The number of aromatic nitrogens is 2. The van der Waals surface area contributed by atoms with Crippen LogP contribution in [0.3, 0.4) is 0 Å². The molecule has 0 aliphatic rings. The minimum atomic E-state index is 0.212. The number of hydrogen-bond donors (Lipinski definition) is 1. The molecule has 0 fully saturated rings. The van der Waals surface area contributed by atoms with Crippen LogP contribution in [-0.4, -0.2) is 9.97 Å². The average molecular weight is 248 g/mol. The molecule has 2 aromatic rings. The lowest BCUT2D eigenvalue weighted by molar-refractivity contribution is 0.744. The van der Waals surface area contributed by atoms with E-state index in [1.807, 2.05) is 18.2 Å². The predicted molar refractivity (Wildman–Crippen MR) is 70.1 cm³/mol. The normalized spacial score (nSPS) is 12.1. The molecule has 0 aliphatic carbocycles. The van der Waals surface area contributed by atoms with Gasteiger partial charge in [0.1, 0.15) is 17.2 Å². The summed E-state index contributed by atoms with van der Waals surface area (Å²) in [6.07, 6.45) is 4.05. The zero-order valence-corrected chi connectivity index (χ0v) is 10.4. The van der Waals surface area contributed by atoms with Gasteiger partial charge in [0.2, 0.25) is 0 Å². The Morgan fingerprint density at radius 2 is 2.06 bits per heavy atom. The van der Waals surface area contributed by atoms with E-state index < -0.39 is 0 Å². The molecule has 88 valence electrons. The van der Waals surface area contributed by atoms with E-state index >= 15 is 0 Å². The highest BCUT2D eigenvalue weighted by atomic mass is 35.5. The van der Waals surface area contributed by atoms with Crippen molar-refractivity contribution in [3.8, 4) is 0 Å². The molecule has 1 heterocycles. The van der Waals surface area contributed by atoms with Crippen LogP contribution >= 0.6 is 11.6 Å². The molecule has 1 atom stereocenters. The van der Waals surface area contributed by atoms with Crippen LogP contribution in [0.4, 0.5) is 5.82 Å². The Labute approximate surface area is 106 Å². The third-order valence-electron chi connectivity index (χ3n) is 2.59. The van der Waals surface area contributed by atoms with Crippen molar-refractivity contribution in [1.29, 1.82) is 0 Å². The summed E-state index contributed by atoms with van der Waals surface area (Å²) in [6.45, 7) is 2.12. The molecule has 0 aliphatic heterocycles. The Kier molecular flexibility index (Phi) is 3.94. The van der Waals surface area contributed by atoms with Gasteiger partial charge in [-0.1, -0.05) is 48.9 Å². The number of nitrogens with zero attached hydrogens (tertiary/aromatic N) is 2. The first-order valence-electron chi connectivity index (χ1n) is 5.58. The highest BCUT2D eigenvalue weighted by Crippen LogP contribution is 2.24. The van der Waals surface area contributed by atoms with Crippen LogP contribution in [0.2, 0.25) is 5.02 Å². The Morgan fingerprint density at radius 1 is 1.29 bits per heavy atom. The molecule has 3 nitrogen and oxygen atoms in total. The predicted octanol–water partition coefficient (Wildman–Crippen LogP) is 3.69. The summed E-state index contributed by atoms with van der Waals surface area (Å²) in [4.78, 5) is 8.01. The maximum Gasteiger partial charge on any atom is 0.148 e. The molecule has 2 rings (SSSR count). The number of benzene rings is 1. The second-order valence-corrected chi connectivity index (χ2v) is 4.14. The van der Waals surface area contributed by atoms with Crippen LogP contribution in [0.1, 0.15) is 24.9 Å². The maximum atomic E-state index is 6.03. The molecular formula is C13H14ClN3. The van der Waals surface area contributed by atoms with Gasteiger partial charge >= 0.3 is 0 Å². The molecule has 17 heavy (non-hydrogen) atoms. The molecular weight excluding hydrogens is 234 g/mol. The molecule has 4 heteroatoms. The molecule has 0 radical (unpaired) electrons. The van der Waals surface area contributed by atoms with E-state index in [0.29, 0.717) is 10.8 Å². The average Bonchev–Trinajstić information content (AvgIpc) is 2.39. The van der Waals surface area contributed by atoms with Crippen LogP contribution in [0.5, 0.6) is 0 Å². The van der Waals surface area contributed by atoms with E-state index in [1.54, 1.807) is 6.20 Å². The molecule has 1 unspecified atom stereocenters. The lowest BCUT2D eigenvalue weighted by atomic mass is 10.0. The van der Waals surface area contributed by atoms with Crippen molar-refractivity contribution in [1.82, 2.24) is 9.97 Å². The fourth-order valence-corrected chi connectivity index (χ4v) is 1.85. The Bertz CT molecular complexity index is 473. The summed E-state index contributed by atoms with van der Waals surface area (Å²) in [7, 11) is 0. The van der Waals surface area contributed by atoms with Gasteiger partial charge < -0.3 is 5.32 Å². The maximum absolute atomic E-state index is 6.03. The van der Waals surface area contributed by atoms with E-state index in [9.17, 15) is 0 Å². The summed E-state index contributed by atoms with van der Waals surface area (Å²) in [6, 6.07) is 10.5. The van der Waals surface area contributed by atoms with Crippen molar-refractivity contribution in [2.24, 2.45) is 0 Å². The van der Waals surface area contributed by atoms with E-state index in [2.05, 4.69) is 34.3 Å². The van der Waals surface area contributed by atoms with Crippen molar-refractivity contribution in [3.05, 3.63) is 53.4 Å². The largest absolute Gasteiger partial charge is 0.362 e. The van der Waals surface area contributed by atoms with E-state index in [-0.39, 0.29) is 6.04 Å². The van der Waals surface area contributed by atoms with E-state index in [0.717, 1.165) is 6.42 Å². The molecule has 1 aromatic carbocycles. The zero-order valence-electron chi connectivity index (χ0n) is 9.60. The fourth-order valence-electron chi connectivity index (χ4n) is 1.69. The second-order valence-electron chi connectivity index (χ2n) is 3.74. The third-order valence-corrected chi connectivity index (χ3v) is 2.87. The summed E-state index contributed by atoms with van der Waals surface area (Å²) in [5, 5.41) is 3.87. The lowest BCUT2D eigenvalue weighted by Crippen LogP contribution is -2.11. The zero-order chi connectivity index (χ0) is 12.1. The van der Waals surface area contributed by atoms with Crippen molar-refractivity contribution >= 4 is 17.4 Å². The molecule has 0 bridgehead atoms. The van der Waals surface area contributed by atoms with E-state index in [1.165, 1.54) is 11.9 Å². The fraction of sp³-hybridized carbons (Fsp3) is 0.231. The minimum Gasteiger partial charge on any atom is -0.362 e. The second kappa shape index (κ2) is 5.64. The van der Waals surface area contributed by atoms with Gasteiger partial charge in [0, 0.05) is 0 Å². The van der Waals surface area contributed by atoms with Crippen molar-refractivity contribution in [2.75, 3.05) is 5.32 Å². The number of nitrogens with one attached hydrogen (secondary N) is 1. The topological polar surface area (TPSA) is 37.8 Å². The molecule has 1 N–H and O–H groups in total. The van der Waals surface area contributed by atoms with Crippen LogP contribution in [0.15, 0.2) is 42.9 Å². The molecule has 1 aromatic heterocycles. The molecule has 0 spiro atoms. The third kappa shape index (κ3) is 2.94. The lowest BCUT2D eigenvalue weighted by Gasteiger charge is -2.18. The first-order valence-corrected chi connectivity index (χ1v) is 5.96. The highest BCUT2D eigenvalue weighted by Gasteiger charge is 2.10. The van der Waals surface area contributed by atoms with Gasteiger partial charge in [0.15, 0.2) is 0 Å². The van der Waals surface area contributed by atoms with Gasteiger partial charge in [-0.2, -0.15) is 0 Å². The van der Waals surface area contributed by atoms with Gasteiger partial charge in [-0.05, 0) is 12.0 Å². The molecule has 0 saturated heterocycles. The number of rotatable bonds is 4. The summed E-state index contributed by atoms with van der Waals surface area (Å²) >= 11 is 6.03. The minimum absolute atomic E-state index is 0.212. The van der Waals surface area contributed by atoms with Gasteiger partial charge in [-0.3, -0.25) is 0 Å². The van der Waals surface area contributed by atoms with Crippen LogP contribution in [-0.2, 0) is 0 Å². The Morgan fingerprint density at radius 3 is 2.71 bits per heavy atom. The van der Waals surface area contributed by atoms with Gasteiger partial charge in [-0.25, -0.2) is 9.97 Å². The molecule has 0 saturated carbocycles. The number of halogens is 1. The van der Waals surface area contributed by atoms with Crippen molar-refractivity contribution in [2.45, 2.75) is 19.4 Å². The Balaban J connectivity index is 2.19. The van der Waals surface area contributed by atoms with Gasteiger partial charge in [-0.15, -0.1) is 0 Å². The number of anilines is 1. The highest BCUT2D eigenvalue weighted by molar-refractivity contribution is 6.32. The van der Waals surface area contributed by atoms with Crippen molar-refractivity contribution < 1.29 is 0 Å². The van der Waals surface area contributed by atoms with Crippen LogP contribution in [0.25, 0.3) is 0 Å². The first kappa shape index (κ1) is 11.9. The van der Waals surface area contributed by atoms with E-state index in [4.69, 9.17) is 11.6 Å². The summed E-state index contributed by atoms with van der Waals surface area (Å²) in [5.41, 5.74) is 1.23.